The van der Waals surface area contributed by atoms with E-state index in [1.165, 1.54) is 6.07 Å². The molecule has 0 bridgehead atoms. The van der Waals surface area contributed by atoms with E-state index in [2.05, 4.69) is 15.2 Å². The molecule has 17 heavy (non-hydrogen) atoms. The second-order valence-corrected chi connectivity index (χ2v) is 3.33. The lowest BCUT2D eigenvalue weighted by Crippen LogP contribution is -1.90. The van der Waals surface area contributed by atoms with Crippen LogP contribution >= 0.6 is 0 Å². The van der Waals surface area contributed by atoms with Crippen molar-refractivity contribution in [1.82, 2.24) is 4.98 Å². The van der Waals surface area contributed by atoms with Gasteiger partial charge in [-0.05, 0) is 25.1 Å². The molecule has 0 unspecified atom stereocenters. The number of hydrogen-bond acceptors (Lipinski definition) is 4. The molecule has 0 radical (unpaired) electrons. The molecule has 2 rings (SSSR count). The Morgan fingerprint density at radius 1 is 1.18 bits per heavy atom. The van der Waals surface area contributed by atoms with Crippen molar-refractivity contribution in [3.63, 3.8) is 0 Å². The van der Waals surface area contributed by atoms with E-state index in [0.29, 0.717) is 23.9 Å². The van der Waals surface area contributed by atoms with E-state index in [0.717, 1.165) is 0 Å². The normalized spacial score (nSPS) is 10.9. The molecule has 0 saturated heterocycles. The summed E-state index contributed by atoms with van der Waals surface area (Å²) in [5.74, 6) is 1.25. The fourth-order valence-corrected chi connectivity index (χ4v) is 1.36. The highest BCUT2D eigenvalue weighted by molar-refractivity contribution is 5.51. The number of aromatic amines is 1. The van der Waals surface area contributed by atoms with Crippen molar-refractivity contribution in [1.29, 1.82) is 0 Å². The topological polar surface area (TPSA) is 70.0 Å². The maximum atomic E-state index is 9.11. The van der Waals surface area contributed by atoms with E-state index in [1.54, 1.807) is 6.07 Å². The smallest absolute Gasteiger partial charge is 0.189 e. The molecule has 0 aliphatic carbocycles. The third-order valence-electron chi connectivity index (χ3n) is 2.09. The van der Waals surface area contributed by atoms with E-state index in [4.69, 9.17) is 9.84 Å². The van der Waals surface area contributed by atoms with Gasteiger partial charge in [0, 0.05) is 6.07 Å². The van der Waals surface area contributed by atoms with Crippen molar-refractivity contribution in [2.24, 2.45) is 10.2 Å². The van der Waals surface area contributed by atoms with Gasteiger partial charge in [0.25, 0.3) is 0 Å². The summed E-state index contributed by atoms with van der Waals surface area (Å²) in [7, 11) is 0. The van der Waals surface area contributed by atoms with Crippen LogP contribution in [0.1, 0.15) is 6.92 Å². The highest BCUT2D eigenvalue weighted by Crippen LogP contribution is 2.28. The highest BCUT2D eigenvalue weighted by atomic mass is 16.5. The summed E-state index contributed by atoms with van der Waals surface area (Å²) in [5, 5.41) is 17.1. The maximum absolute atomic E-state index is 9.11. The molecule has 5 heteroatoms. The van der Waals surface area contributed by atoms with E-state index >= 15 is 0 Å². The van der Waals surface area contributed by atoms with Gasteiger partial charge in [0.15, 0.2) is 11.7 Å². The molecule has 0 spiro atoms. The van der Waals surface area contributed by atoms with Crippen LogP contribution in [0, 0.1) is 0 Å². The largest absolute Gasteiger partial charge is 0.495 e. The van der Waals surface area contributed by atoms with Crippen LogP contribution in [0.2, 0.25) is 0 Å². The molecule has 1 heterocycles. The SMILES string of the molecule is CCOc1ccccc1N=Nc1ccc(O)[nH]1. The zero-order chi connectivity index (χ0) is 12.1. The van der Waals surface area contributed by atoms with Crippen LogP contribution in [0.15, 0.2) is 46.6 Å². The maximum Gasteiger partial charge on any atom is 0.189 e. The first-order valence-electron chi connectivity index (χ1n) is 5.31. The predicted octanol–water partition coefficient (Wildman–Crippen LogP) is 3.53. The third kappa shape index (κ3) is 2.84. The van der Waals surface area contributed by atoms with Crippen molar-refractivity contribution in [2.75, 3.05) is 6.61 Å². The van der Waals surface area contributed by atoms with Gasteiger partial charge in [0.05, 0.1) is 6.61 Å². The summed E-state index contributed by atoms with van der Waals surface area (Å²) >= 11 is 0. The molecule has 0 aliphatic rings. The van der Waals surface area contributed by atoms with E-state index in [1.807, 2.05) is 31.2 Å². The number of aromatic hydroxyl groups is 1. The van der Waals surface area contributed by atoms with E-state index in [9.17, 15) is 0 Å². The Morgan fingerprint density at radius 2 is 2.00 bits per heavy atom. The number of H-pyrrole nitrogens is 1. The Morgan fingerprint density at radius 3 is 2.71 bits per heavy atom. The van der Waals surface area contributed by atoms with Gasteiger partial charge in [-0.25, -0.2) is 0 Å². The first-order chi connectivity index (χ1) is 8.29. The summed E-state index contributed by atoms with van der Waals surface area (Å²) in [5.41, 5.74) is 0.656. The van der Waals surface area contributed by atoms with Crippen LogP contribution in [-0.4, -0.2) is 16.7 Å². The zero-order valence-electron chi connectivity index (χ0n) is 9.42. The summed E-state index contributed by atoms with van der Waals surface area (Å²) < 4.78 is 5.42. The van der Waals surface area contributed by atoms with Gasteiger partial charge in [-0.2, -0.15) is 0 Å². The molecule has 1 aromatic carbocycles. The Labute approximate surface area is 98.8 Å². The quantitative estimate of drug-likeness (QED) is 0.790. The summed E-state index contributed by atoms with van der Waals surface area (Å²) in [6, 6.07) is 10.6. The number of nitrogens with zero attached hydrogens (tertiary/aromatic N) is 2. The number of aromatic nitrogens is 1. The Balaban J connectivity index is 2.20. The van der Waals surface area contributed by atoms with Crippen LogP contribution in [0.3, 0.4) is 0 Å². The van der Waals surface area contributed by atoms with Crippen LogP contribution in [-0.2, 0) is 0 Å². The van der Waals surface area contributed by atoms with Gasteiger partial charge < -0.3 is 14.8 Å². The van der Waals surface area contributed by atoms with Crippen molar-refractivity contribution in [2.45, 2.75) is 6.92 Å². The molecule has 0 aliphatic heterocycles. The van der Waals surface area contributed by atoms with Gasteiger partial charge in [-0.1, -0.05) is 12.1 Å². The Bertz CT molecular complexity index is 520. The van der Waals surface area contributed by atoms with Gasteiger partial charge >= 0.3 is 0 Å². The highest BCUT2D eigenvalue weighted by Gasteiger charge is 2.00. The van der Waals surface area contributed by atoms with Crippen molar-refractivity contribution >= 4 is 11.5 Å². The molecule has 88 valence electrons. The lowest BCUT2D eigenvalue weighted by Gasteiger charge is -2.04. The molecule has 5 nitrogen and oxygen atoms in total. The standard InChI is InChI=1S/C12H13N3O2/c1-2-17-10-6-4-3-5-9(10)14-15-11-7-8-12(16)13-11/h3-8,13,16H,2H2,1H3. The number of hydrogen-bond donors (Lipinski definition) is 2. The first-order valence-corrected chi connectivity index (χ1v) is 5.31. The molecule has 0 fully saturated rings. The second-order valence-electron chi connectivity index (χ2n) is 3.33. The van der Waals surface area contributed by atoms with Gasteiger partial charge in [0.2, 0.25) is 0 Å². The van der Waals surface area contributed by atoms with Crippen LogP contribution in [0.4, 0.5) is 11.5 Å². The molecule has 0 atom stereocenters. The Kier molecular flexibility index (Phi) is 3.40. The van der Waals surface area contributed by atoms with Crippen molar-refractivity contribution in [3.8, 4) is 11.6 Å². The molecule has 2 aromatic rings. The molecular weight excluding hydrogens is 218 g/mol. The Hall–Kier alpha value is -2.30. The van der Waals surface area contributed by atoms with Gasteiger partial charge in [-0.15, -0.1) is 10.2 Å². The predicted molar refractivity (Wildman–Crippen MR) is 64.2 cm³/mol. The number of rotatable bonds is 4. The van der Waals surface area contributed by atoms with Crippen molar-refractivity contribution < 1.29 is 9.84 Å². The fraction of sp³-hybridized carbons (Fsp3) is 0.167. The first kappa shape index (κ1) is 11.2. The number of para-hydroxylation sites is 1. The summed E-state index contributed by atoms with van der Waals surface area (Å²) in [6.45, 7) is 2.49. The van der Waals surface area contributed by atoms with Gasteiger partial charge in [-0.3, -0.25) is 0 Å². The molecule has 0 amide bonds. The van der Waals surface area contributed by atoms with Crippen LogP contribution in [0.5, 0.6) is 11.6 Å². The second kappa shape index (κ2) is 5.16. The monoisotopic (exact) mass is 231 g/mol. The van der Waals surface area contributed by atoms with Crippen LogP contribution < -0.4 is 4.74 Å². The fourth-order valence-electron chi connectivity index (χ4n) is 1.36. The minimum atomic E-state index is 0.0667. The lowest BCUT2D eigenvalue weighted by atomic mass is 10.3. The summed E-state index contributed by atoms with van der Waals surface area (Å²) in [6.07, 6.45) is 0. The molecular formula is C12H13N3O2. The molecule has 0 saturated carbocycles. The lowest BCUT2D eigenvalue weighted by molar-refractivity contribution is 0.341. The zero-order valence-corrected chi connectivity index (χ0v) is 9.42. The minimum Gasteiger partial charge on any atom is -0.495 e. The molecule has 2 N–H and O–H groups in total. The number of azo groups is 1. The summed E-state index contributed by atoms with van der Waals surface area (Å²) in [4.78, 5) is 2.65. The number of ether oxygens (including phenoxy) is 1. The van der Waals surface area contributed by atoms with E-state index in [-0.39, 0.29) is 5.88 Å². The third-order valence-corrected chi connectivity index (χ3v) is 2.09. The average Bonchev–Trinajstić information content (AvgIpc) is 2.74. The average molecular weight is 231 g/mol. The van der Waals surface area contributed by atoms with E-state index < -0.39 is 0 Å². The minimum absolute atomic E-state index is 0.0667. The molecule has 1 aromatic heterocycles. The number of benzene rings is 1. The van der Waals surface area contributed by atoms with Crippen molar-refractivity contribution in [3.05, 3.63) is 36.4 Å². The number of nitrogens with one attached hydrogen (secondary N) is 1. The van der Waals surface area contributed by atoms with Crippen LogP contribution in [0.25, 0.3) is 0 Å². The van der Waals surface area contributed by atoms with Gasteiger partial charge in [0.1, 0.15) is 11.4 Å².